The molecule has 6 rings (SSSR count). The van der Waals surface area contributed by atoms with Crippen molar-refractivity contribution in [3.8, 4) is 11.3 Å². The van der Waals surface area contributed by atoms with E-state index in [0.29, 0.717) is 26.3 Å². The predicted molar refractivity (Wildman–Crippen MR) is 184 cm³/mol. The van der Waals surface area contributed by atoms with Gasteiger partial charge in [0.25, 0.3) is 5.91 Å². The number of alkyl halides is 6. The quantitative estimate of drug-likeness (QED) is 0.186. The topological polar surface area (TPSA) is 104 Å². The molecule has 1 atom stereocenters. The Morgan fingerprint density at radius 2 is 1.62 bits per heavy atom. The molecule has 2 N–H and O–H groups in total. The van der Waals surface area contributed by atoms with Gasteiger partial charge in [-0.2, -0.15) is 26.3 Å². The fourth-order valence-corrected chi connectivity index (χ4v) is 7.44. The average molecular weight is 750 g/mol. The van der Waals surface area contributed by atoms with E-state index in [-0.39, 0.29) is 57.1 Å². The molecule has 1 unspecified atom stereocenters. The maximum atomic E-state index is 14.6. The van der Waals surface area contributed by atoms with E-state index in [1.807, 2.05) is 4.90 Å². The summed E-state index contributed by atoms with van der Waals surface area (Å²) < 4.78 is 118. The van der Waals surface area contributed by atoms with Crippen LogP contribution in [-0.4, -0.2) is 87.0 Å². The average Bonchev–Trinajstić information content (AvgIpc) is 3.10. The number of piperidine rings is 1. The first-order chi connectivity index (χ1) is 24.6. The van der Waals surface area contributed by atoms with Crippen LogP contribution < -0.4 is 10.0 Å². The van der Waals surface area contributed by atoms with Crippen molar-refractivity contribution in [1.82, 2.24) is 20.1 Å². The summed E-state index contributed by atoms with van der Waals surface area (Å²) in [6, 6.07) is 13.1. The predicted octanol–water partition coefficient (Wildman–Crippen LogP) is 6.62. The number of carbonyl (C=O) groups is 1. The highest BCUT2D eigenvalue weighted by Crippen LogP contribution is 2.38. The molecule has 1 aromatic heterocycles. The van der Waals surface area contributed by atoms with E-state index in [1.54, 1.807) is 0 Å². The minimum absolute atomic E-state index is 0.00820. The van der Waals surface area contributed by atoms with Gasteiger partial charge in [0.1, 0.15) is 0 Å². The van der Waals surface area contributed by atoms with Gasteiger partial charge in [0.2, 0.25) is 10.0 Å². The van der Waals surface area contributed by atoms with Crippen LogP contribution in [0.15, 0.2) is 72.8 Å². The Hall–Kier alpha value is -4.25. The van der Waals surface area contributed by atoms with Crippen LogP contribution in [0.4, 0.5) is 32.0 Å². The van der Waals surface area contributed by atoms with Crippen LogP contribution in [0, 0.1) is 0 Å². The highest BCUT2D eigenvalue weighted by molar-refractivity contribution is 7.92. The number of amides is 1. The summed E-state index contributed by atoms with van der Waals surface area (Å²) in [5.41, 5.74) is -1.26. The largest absolute Gasteiger partial charge is 0.416 e. The summed E-state index contributed by atoms with van der Waals surface area (Å²) in [5.74, 6) is -1.15. The smallest absolute Gasteiger partial charge is 0.379 e. The molecule has 2 aliphatic rings. The zero-order chi connectivity index (χ0) is 37.3. The third-order valence-corrected chi connectivity index (χ3v) is 9.92. The van der Waals surface area contributed by atoms with Gasteiger partial charge >= 0.3 is 12.4 Å². The Bertz CT molecular complexity index is 2010. The molecule has 16 heteroatoms. The number of ether oxygens (including phenoxy) is 1. The van der Waals surface area contributed by atoms with E-state index in [0.717, 1.165) is 44.3 Å². The molecule has 0 radical (unpaired) electrons. The van der Waals surface area contributed by atoms with Crippen molar-refractivity contribution < 1.29 is 44.3 Å². The fraction of sp³-hybridized carbons (Fsp3) is 0.389. The summed E-state index contributed by atoms with van der Waals surface area (Å²) in [6.07, 6.45) is -7.23. The summed E-state index contributed by atoms with van der Waals surface area (Å²) in [7, 11) is -3.82. The number of morpholine rings is 1. The molecule has 3 heterocycles. The number of hydrogen-bond acceptors (Lipinski definition) is 7. The number of sulfonamides is 1. The van der Waals surface area contributed by atoms with Gasteiger partial charge in [-0.3, -0.25) is 19.3 Å². The lowest BCUT2D eigenvalue weighted by atomic mass is 9.93. The van der Waals surface area contributed by atoms with Crippen molar-refractivity contribution in [2.24, 2.45) is 0 Å². The first-order valence-electron chi connectivity index (χ1n) is 16.7. The number of benzene rings is 3. The summed E-state index contributed by atoms with van der Waals surface area (Å²) in [4.78, 5) is 23.5. The van der Waals surface area contributed by atoms with E-state index >= 15 is 0 Å². The van der Waals surface area contributed by atoms with Crippen molar-refractivity contribution in [2.75, 3.05) is 50.4 Å². The number of hydrogen-bond donors (Lipinski definition) is 2. The SMILES string of the molecule is CS(=O)(=O)Nc1ccc2nc(-c3cccc(C(F)(F)F)c3)c(CN3CCC(N4CCOCC4)CC3)c(C(=O)NC(c3ccccc3)C(F)(F)F)c2c1. The Morgan fingerprint density at radius 1 is 0.923 bits per heavy atom. The lowest BCUT2D eigenvalue weighted by molar-refractivity contribution is -0.155. The minimum Gasteiger partial charge on any atom is -0.379 e. The van der Waals surface area contributed by atoms with Crippen molar-refractivity contribution in [1.29, 1.82) is 0 Å². The maximum absolute atomic E-state index is 14.6. The number of aromatic nitrogens is 1. The van der Waals surface area contributed by atoms with Crippen molar-refractivity contribution in [3.63, 3.8) is 0 Å². The summed E-state index contributed by atoms with van der Waals surface area (Å²) in [6.45, 7) is 3.87. The second kappa shape index (κ2) is 15.0. The molecule has 0 saturated carbocycles. The number of likely N-dealkylation sites (tertiary alicyclic amines) is 1. The normalized spacial score (nSPS) is 17.6. The lowest BCUT2D eigenvalue weighted by Gasteiger charge is -2.40. The van der Waals surface area contributed by atoms with Crippen LogP contribution in [0.3, 0.4) is 0 Å². The van der Waals surface area contributed by atoms with E-state index in [9.17, 15) is 39.6 Å². The van der Waals surface area contributed by atoms with Crippen LogP contribution in [-0.2, 0) is 27.5 Å². The van der Waals surface area contributed by atoms with Crippen molar-refractivity contribution in [2.45, 2.75) is 43.8 Å². The van der Waals surface area contributed by atoms with Gasteiger partial charge < -0.3 is 10.1 Å². The number of fused-ring (bicyclic) bond motifs is 1. The number of nitrogens with zero attached hydrogens (tertiary/aromatic N) is 3. The first kappa shape index (κ1) is 37.5. The number of carbonyl (C=O) groups excluding carboxylic acids is 1. The molecule has 1 amide bonds. The summed E-state index contributed by atoms with van der Waals surface area (Å²) in [5, 5.41) is 2.17. The highest BCUT2D eigenvalue weighted by atomic mass is 32.2. The molecule has 0 bridgehead atoms. The molecule has 52 heavy (non-hydrogen) atoms. The third-order valence-electron chi connectivity index (χ3n) is 9.32. The number of halogens is 6. The van der Waals surface area contributed by atoms with Crippen LogP contribution in [0.2, 0.25) is 0 Å². The van der Waals surface area contributed by atoms with Gasteiger partial charge in [-0.1, -0.05) is 42.5 Å². The van der Waals surface area contributed by atoms with Crippen LogP contribution >= 0.6 is 0 Å². The first-order valence-corrected chi connectivity index (χ1v) is 18.5. The van der Waals surface area contributed by atoms with Crippen molar-refractivity contribution >= 4 is 32.5 Å². The van der Waals surface area contributed by atoms with Gasteiger partial charge in [-0.15, -0.1) is 0 Å². The third kappa shape index (κ3) is 8.85. The van der Waals surface area contributed by atoms with E-state index in [1.165, 1.54) is 60.7 Å². The number of anilines is 1. The second-order valence-electron chi connectivity index (χ2n) is 13.0. The molecular weight excluding hydrogens is 712 g/mol. The minimum atomic E-state index is -4.92. The number of nitrogens with one attached hydrogen (secondary N) is 2. The van der Waals surface area contributed by atoms with Crippen LogP contribution in [0.25, 0.3) is 22.2 Å². The maximum Gasteiger partial charge on any atom is 0.416 e. The highest BCUT2D eigenvalue weighted by Gasteiger charge is 2.43. The fourth-order valence-electron chi connectivity index (χ4n) is 6.89. The van der Waals surface area contributed by atoms with Gasteiger partial charge in [-0.05, 0) is 61.8 Å². The van der Waals surface area contributed by atoms with Gasteiger partial charge in [0, 0.05) is 47.9 Å². The molecule has 0 aliphatic carbocycles. The Labute approximate surface area is 297 Å². The van der Waals surface area contributed by atoms with E-state index in [4.69, 9.17) is 9.72 Å². The summed E-state index contributed by atoms with van der Waals surface area (Å²) >= 11 is 0. The Kier molecular flexibility index (Phi) is 10.8. The molecule has 2 fully saturated rings. The van der Waals surface area contributed by atoms with Gasteiger partial charge in [0.05, 0.1) is 41.8 Å². The molecule has 2 aliphatic heterocycles. The van der Waals surface area contributed by atoms with E-state index < -0.39 is 39.9 Å². The zero-order valence-corrected chi connectivity index (χ0v) is 28.9. The molecule has 2 saturated heterocycles. The van der Waals surface area contributed by atoms with Gasteiger partial charge in [-0.25, -0.2) is 13.4 Å². The molecule has 278 valence electrons. The number of rotatable bonds is 9. The van der Waals surface area contributed by atoms with E-state index in [2.05, 4.69) is 14.9 Å². The molecule has 0 spiro atoms. The van der Waals surface area contributed by atoms with Crippen molar-refractivity contribution in [3.05, 3.63) is 95.1 Å². The Morgan fingerprint density at radius 3 is 2.25 bits per heavy atom. The molecule has 9 nitrogen and oxygen atoms in total. The second-order valence-corrected chi connectivity index (χ2v) is 14.8. The monoisotopic (exact) mass is 749 g/mol. The van der Waals surface area contributed by atoms with Crippen LogP contribution in [0.1, 0.15) is 45.9 Å². The lowest BCUT2D eigenvalue weighted by Crippen LogP contribution is -2.48. The molecular formula is C36H37F6N5O4S. The van der Waals surface area contributed by atoms with Gasteiger partial charge in [0.15, 0.2) is 6.04 Å². The standard InChI is InChI=1S/C36H37F6N5O4S/c1-52(49,50)45-26-10-11-30-28(21-26)31(34(48)44-33(36(40,41)42)23-6-3-2-4-7-23)29(32(43-30)24-8-5-9-25(20-24)35(37,38)39)22-46-14-12-27(13-15-46)47-16-18-51-19-17-47/h2-11,20-21,27,33,45H,12-19,22H2,1H3,(H,44,48). The Balaban J connectivity index is 1.51. The molecule has 3 aromatic carbocycles. The molecule has 4 aromatic rings. The number of pyridine rings is 1. The van der Waals surface area contributed by atoms with Crippen LogP contribution in [0.5, 0.6) is 0 Å². The zero-order valence-electron chi connectivity index (χ0n) is 28.1.